The highest BCUT2D eigenvalue weighted by atomic mass is 35.5. The SMILES string of the molecule is COC(=O)c1cccc(N2C(=O)C(Cl)=C(Nc3ccc(CC(=O)Nc4ccc(OC(C)C)cc4)cc3)C2=O)c1. The number of nitrogens with one attached hydrogen (secondary N) is 2. The largest absolute Gasteiger partial charge is 0.491 e. The maximum atomic E-state index is 13.1. The Labute approximate surface area is 230 Å². The van der Waals surface area contributed by atoms with Gasteiger partial charge in [0.15, 0.2) is 0 Å². The summed E-state index contributed by atoms with van der Waals surface area (Å²) < 4.78 is 10.3. The first-order chi connectivity index (χ1) is 18.7. The van der Waals surface area contributed by atoms with Gasteiger partial charge in [0.1, 0.15) is 16.5 Å². The first-order valence-electron chi connectivity index (χ1n) is 12.1. The summed E-state index contributed by atoms with van der Waals surface area (Å²) in [5.74, 6) is -1.46. The molecule has 0 saturated heterocycles. The van der Waals surface area contributed by atoms with E-state index in [4.69, 9.17) is 21.1 Å². The number of methoxy groups -OCH3 is 1. The highest BCUT2D eigenvalue weighted by molar-refractivity contribution is 6.53. The Morgan fingerprint density at radius 1 is 0.923 bits per heavy atom. The monoisotopic (exact) mass is 547 g/mol. The molecule has 4 rings (SSSR count). The Balaban J connectivity index is 1.39. The molecule has 1 aliphatic rings. The second-order valence-corrected chi connectivity index (χ2v) is 9.29. The minimum Gasteiger partial charge on any atom is -0.491 e. The molecule has 200 valence electrons. The summed E-state index contributed by atoms with van der Waals surface area (Å²) in [6, 6.07) is 19.9. The fourth-order valence-corrected chi connectivity index (χ4v) is 4.08. The van der Waals surface area contributed by atoms with Crippen LogP contribution in [0.4, 0.5) is 17.1 Å². The summed E-state index contributed by atoms with van der Waals surface area (Å²) in [6.45, 7) is 3.88. The number of anilines is 3. The molecule has 10 heteroatoms. The van der Waals surface area contributed by atoms with Crippen molar-refractivity contribution < 1.29 is 28.7 Å². The van der Waals surface area contributed by atoms with E-state index in [-0.39, 0.29) is 40.4 Å². The minimum atomic E-state index is -0.719. The van der Waals surface area contributed by atoms with E-state index in [0.29, 0.717) is 11.4 Å². The Kier molecular flexibility index (Phi) is 8.31. The van der Waals surface area contributed by atoms with Crippen LogP contribution >= 0.6 is 11.6 Å². The molecular weight excluding hydrogens is 522 g/mol. The molecule has 2 N–H and O–H groups in total. The van der Waals surface area contributed by atoms with Crippen LogP contribution in [-0.4, -0.2) is 36.9 Å². The van der Waals surface area contributed by atoms with E-state index in [1.807, 2.05) is 13.8 Å². The fraction of sp³-hybridized carbons (Fsp3) is 0.172. The van der Waals surface area contributed by atoms with Crippen molar-refractivity contribution in [3.05, 3.63) is 94.7 Å². The van der Waals surface area contributed by atoms with Crippen LogP contribution in [-0.2, 0) is 25.5 Å². The van der Waals surface area contributed by atoms with Gasteiger partial charge in [0.2, 0.25) is 5.91 Å². The third-order valence-electron chi connectivity index (χ3n) is 5.65. The quantitative estimate of drug-likeness (QED) is 0.290. The first-order valence-corrected chi connectivity index (χ1v) is 12.4. The predicted molar refractivity (Wildman–Crippen MR) is 148 cm³/mol. The van der Waals surface area contributed by atoms with E-state index in [2.05, 4.69) is 10.6 Å². The van der Waals surface area contributed by atoms with Crippen molar-refractivity contribution in [1.29, 1.82) is 0 Å². The summed E-state index contributed by atoms with van der Waals surface area (Å²) >= 11 is 6.21. The molecule has 3 aromatic carbocycles. The lowest BCUT2D eigenvalue weighted by atomic mass is 10.1. The molecule has 1 aliphatic heterocycles. The lowest BCUT2D eigenvalue weighted by Crippen LogP contribution is -2.32. The van der Waals surface area contributed by atoms with Gasteiger partial charge in [-0.3, -0.25) is 14.4 Å². The van der Waals surface area contributed by atoms with Gasteiger partial charge in [-0.15, -0.1) is 0 Å². The number of ether oxygens (including phenoxy) is 2. The van der Waals surface area contributed by atoms with E-state index in [9.17, 15) is 19.2 Å². The Hall–Kier alpha value is -4.63. The molecule has 0 atom stereocenters. The number of hydrogen-bond donors (Lipinski definition) is 2. The molecule has 3 amide bonds. The van der Waals surface area contributed by atoms with E-state index < -0.39 is 17.8 Å². The van der Waals surface area contributed by atoms with Crippen LogP contribution in [0.15, 0.2) is 83.5 Å². The number of hydrogen-bond acceptors (Lipinski definition) is 7. The summed E-state index contributed by atoms with van der Waals surface area (Å²) in [5, 5.41) is 5.45. The van der Waals surface area contributed by atoms with E-state index in [1.54, 1.807) is 48.5 Å². The molecule has 0 bridgehead atoms. The Bertz CT molecular complexity index is 1450. The third-order valence-corrected chi connectivity index (χ3v) is 6.00. The van der Waals surface area contributed by atoms with Gasteiger partial charge in [-0.05, 0) is 74.0 Å². The van der Waals surface area contributed by atoms with Crippen molar-refractivity contribution >= 4 is 52.4 Å². The van der Waals surface area contributed by atoms with Gasteiger partial charge >= 0.3 is 5.97 Å². The number of halogens is 1. The van der Waals surface area contributed by atoms with Gasteiger partial charge in [0.05, 0.1) is 30.9 Å². The van der Waals surface area contributed by atoms with Crippen molar-refractivity contribution in [2.75, 3.05) is 22.6 Å². The molecule has 39 heavy (non-hydrogen) atoms. The van der Waals surface area contributed by atoms with Crippen LogP contribution in [0.5, 0.6) is 5.75 Å². The van der Waals surface area contributed by atoms with Gasteiger partial charge in [-0.1, -0.05) is 29.8 Å². The second kappa shape index (κ2) is 11.8. The van der Waals surface area contributed by atoms with Gasteiger partial charge in [0, 0.05) is 11.4 Å². The molecule has 0 spiro atoms. The molecule has 0 unspecified atom stereocenters. The number of benzene rings is 3. The average molecular weight is 548 g/mol. The van der Waals surface area contributed by atoms with Gasteiger partial charge < -0.3 is 20.1 Å². The maximum Gasteiger partial charge on any atom is 0.337 e. The van der Waals surface area contributed by atoms with Crippen molar-refractivity contribution in [1.82, 2.24) is 0 Å². The van der Waals surface area contributed by atoms with Crippen LogP contribution in [0.1, 0.15) is 29.8 Å². The molecule has 0 radical (unpaired) electrons. The van der Waals surface area contributed by atoms with Crippen molar-refractivity contribution in [3.8, 4) is 5.75 Å². The van der Waals surface area contributed by atoms with E-state index >= 15 is 0 Å². The summed E-state index contributed by atoms with van der Waals surface area (Å²) in [4.78, 5) is 51.1. The molecule has 9 nitrogen and oxygen atoms in total. The van der Waals surface area contributed by atoms with E-state index in [1.165, 1.54) is 31.4 Å². The van der Waals surface area contributed by atoms with Crippen LogP contribution in [0.2, 0.25) is 0 Å². The number of carbonyl (C=O) groups excluding carboxylic acids is 4. The fourth-order valence-electron chi connectivity index (χ4n) is 3.87. The summed E-state index contributed by atoms with van der Waals surface area (Å²) in [6.07, 6.45) is 0.196. The molecule has 0 saturated carbocycles. The lowest BCUT2D eigenvalue weighted by Gasteiger charge is -2.16. The van der Waals surface area contributed by atoms with Gasteiger partial charge in [-0.25, -0.2) is 9.69 Å². The van der Waals surface area contributed by atoms with Crippen LogP contribution in [0.3, 0.4) is 0 Å². The van der Waals surface area contributed by atoms with Crippen molar-refractivity contribution in [2.24, 2.45) is 0 Å². The lowest BCUT2D eigenvalue weighted by molar-refractivity contribution is -0.120. The topological polar surface area (TPSA) is 114 Å². The van der Waals surface area contributed by atoms with Crippen LogP contribution in [0, 0.1) is 0 Å². The minimum absolute atomic E-state index is 0.0616. The average Bonchev–Trinajstić information content (AvgIpc) is 3.13. The zero-order chi connectivity index (χ0) is 28.1. The van der Waals surface area contributed by atoms with Crippen LogP contribution < -0.4 is 20.3 Å². The molecule has 1 heterocycles. The van der Waals surface area contributed by atoms with E-state index in [0.717, 1.165) is 16.2 Å². The first kappa shape index (κ1) is 27.4. The highest BCUT2D eigenvalue weighted by Gasteiger charge is 2.39. The number of nitrogens with zero attached hydrogens (tertiary/aromatic N) is 1. The Morgan fingerprint density at radius 3 is 2.23 bits per heavy atom. The predicted octanol–water partition coefficient (Wildman–Crippen LogP) is 4.88. The van der Waals surface area contributed by atoms with Crippen molar-refractivity contribution in [3.63, 3.8) is 0 Å². The normalized spacial score (nSPS) is 13.1. The standard InChI is InChI=1S/C29H26ClN3O6/c1-17(2)39-23-13-11-20(12-14-23)31-24(34)15-18-7-9-21(10-8-18)32-26-25(30)27(35)33(28(26)36)22-6-4-5-19(16-22)29(37)38-3/h4-14,16-17,32H,15H2,1-3H3,(H,31,34). The number of amides is 3. The molecule has 0 aromatic heterocycles. The van der Waals surface area contributed by atoms with Crippen LogP contribution in [0.25, 0.3) is 0 Å². The molecular formula is C29H26ClN3O6. The smallest absolute Gasteiger partial charge is 0.337 e. The van der Waals surface area contributed by atoms with Gasteiger partial charge in [-0.2, -0.15) is 0 Å². The van der Waals surface area contributed by atoms with Gasteiger partial charge in [0.25, 0.3) is 11.8 Å². The zero-order valence-corrected chi connectivity index (χ0v) is 22.2. The summed E-state index contributed by atoms with van der Waals surface area (Å²) in [5.41, 5.74) is 2.17. The zero-order valence-electron chi connectivity index (χ0n) is 21.5. The molecule has 0 aliphatic carbocycles. The van der Waals surface area contributed by atoms with Crippen molar-refractivity contribution in [2.45, 2.75) is 26.4 Å². The molecule has 0 fully saturated rings. The number of imide groups is 1. The third kappa shape index (κ3) is 6.45. The number of carbonyl (C=O) groups is 4. The second-order valence-electron chi connectivity index (χ2n) is 8.91. The molecule has 3 aromatic rings. The Morgan fingerprint density at radius 2 is 1.59 bits per heavy atom. The number of rotatable bonds is 9. The maximum absolute atomic E-state index is 13.1. The number of esters is 1. The highest BCUT2D eigenvalue weighted by Crippen LogP contribution is 2.31. The summed E-state index contributed by atoms with van der Waals surface area (Å²) in [7, 11) is 1.24.